The molecule has 0 aliphatic carbocycles. The summed E-state index contributed by atoms with van der Waals surface area (Å²) < 4.78 is 0. The van der Waals surface area contributed by atoms with Crippen molar-refractivity contribution in [2.24, 2.45) is 0 Å². The second-order valence-electron chi connectivity index (χ2n) is 5.85. The maximum atomic E-state index is 12.1. The summed E-state index contributed by atoms with van der Waals surface area (Å²) in [5, 5.41) is 15.1. The number of amides is 2. The lowest BCUT2D eigenvalue weighted by molar-refractivity contribution is 0.172. The lowest BCUT2D eigenvalue weighted by Crippen LogP contribution is -2.50. The fraction of sp³-hybridized carbons (Fsp3) is 0.562. The van der Waals surface area contributed by atoms with Gasteiger partial charge in [-0.15, -0.1) is 0 Å². The molecule has 1 aromatic carbocycles. The molecule has 0 spiro atoms. The van der Waals surface area contributed by atoms with Crippen molar-refractivity contribution in [2.75, 3.05) is 11.9 Å². The summed E-state index contributed by atoms with van der Waals surface area (Å²) in [5.74, 6) is 0.334. The summed E-state index contributed by atoms with van der Waals surface area (Å²) >= 11 is 0. The lowest BCUT2D eigenvalue weighted by Gasteiger charge is -2.28. The predicted molar refractivity (Wildman–Crippen MR) is 83.2 cm³/mol. The highest BCUT2D eigenvalue weighted by molar-refractivity contribution is 5.91. The van der Waals surface area contributed by atoms with Crippen LogP contribution in [0.15, 0.2) is 18.2 Å². The Hall–Kier alpha value is -1.55. The molecule has 0 heterocycles. The van der Waals surface area contributed by atoms with E-state index < -0.39 is 5.54 Å². The number of hydrogen-bond donors (Lipinski definition) is 3. The van der Waals surface area contributed by atoms with E-state index in [-0.39, 0.29) is 12.6 Å². The van der Waals surface area contributed by atoms with Gasteiger partial charge in [0.25, 0.3) is 0 Å². The van der Waals surface area contributed by atoms with Crippen molar-refractivity contribution in [3.63, 3.8) is 0 Å². The van der Waals surface area contributed by atoms with Gasteiger partial charge in [0.05, 0.1) is 12.1 Å². The molecule has 112 valence electrons. The number of nitrogens with one attached hydrogen (secondary N) is 2. The van der Waals surface area contributed by atoms with Gasteiger partial charge in [0.2, 0.25) is 0 Å². The van der Waals surface area contributed by atoms with Crippen LogP contribution >= 0.6 is 0 Å². The first-order valence-electron chi connectivity index (χ1n) is 7.12. The predicted octanol–water partition coefficient (Wildman–Crippen LogP) is 3.40. The molecule has 3 N–H and O–H groups in total. The summed E-state index contributed by atoms with van der Waals surface area (Å²) in [7, 11) is 0. The molecule has 2 amide bonds. The van der Waals surface area contributed by atoms with Gasteiger partial charge in [0.15, 0.2) is 0 Å². The van der Waals surface area contributed by atoms with Gasteiger partial charge < -0.3 is 15.7 Å². The Morgan fingerprint density at radius 1 is 1.40 bits per heavy atom. The number of anilines is 1. The zero-order chi connectivity index (χ0) is 15.3. The highest BCUT2D eigenvalue weighted by atomic mass is 16.3. The van der Waals surface area contributed by atoms with Crippen LogP contribution in [0.25, 0.3) is 0 Å². The van der Waals surface area contributed by atoms with E-state index in [1.807, 2.05) is 39.0 Å². The van der Waals surface area contributed by atoms with Crippen LogP contribution < -0.4 is 10.6 Å². The van der Waals surface area contributed by atoms with Gasteiger partial charge >= 0.3 is 6.03 Å². The van der Waals surface area contributed by atoms with Crippen molar-refractivity contribution in [3.8, 4) is 0 Å². The summed E-state index contributed by atoms with van der Waals surface area (Å²) in [5.41, 5.74) is 2.41. The number of aliphatic hydroxyl groups excluding tert-OH is 1. The molecule has 1 unspecified atom stereocenters. The zero-order valence-corrected chi connectivity index (χ0v) is 13.1. The number of para-hydroxylation sites is 1. The molecule has 0 fully saturated rings. The minimum absolute atomic E-state index is 0.0816. The van der Waals surface area contributed by atoms with Crippen LogP contribution in [0.2, 0.25) is 0 Å². The number of aliphatic hydroxyl groups is 1. The van der Waals surface area contributed by atoms with Crippen LogP contribution in [0.1, 0.15) is 51.2 Å². The molecule has 1 rings (SSSR count). The topological polar surface area (TPSA) is 61.4 Å². The molecule has 0 radical (unpaired) electrons. The fourth-order valence-electron chi connectivity index (χ4n) is 2.00. The van der Waals surface area contributed by atoms with E-state index in [1.165, 1.54) is 0 Å². The van der Waals surface area contributed by atoms with Crippen LogP contribution in [-0.2, 0) is 0 Å². The first-order chi connectivity index (χ1) is 9.33. The third-order valence-electron chi connectivity index (χ3n) is 3.71. The largest absolute Gasteiger partial charge is 0.394 e. The van der Waals surface area contributed by atoms with Crippen molar-refractivity contribution < 1.29 is 9.90 Å². The molecule has 20 heavy (non-hydrogen) atoms. The third kappa shape index (κ3) is 3.97. The number of rotatable bonds is 5. The molecule has 4 nitrogen and oxygen atoms in total. The van der Waals surface area contributed by atoms with E-state index in [0.29, 0.717) is 12.3 Å². The Morgan fingerprint density at radius 2 is 2.05 bits per heavy atom. The van der Waals surface area contributed by atoms with Crippen molar-refractivity contribution in [1.82, 2.24) is 5.32 Å². The number of benzene rings is 1. The molecule has 0 saturated heterocycles. The molecule has 4 heteroatoms. The Kier molecular flexibility index (Phi) is 5.57. The lowest BCUT2D eigenvalue weighted by atomic mass is 9.98. The van der Waals surface area contributed by atoms with Crippen molar-refractivity contribution >= 4 is 11.7 Å². The number of carbonyl (C=O) groups is 1. The second-order valence-corrected chi connectivity index (χ2v) is 5.85. The standard InChI is InChI=1S/C16H26N2O2/c1-6-16(5,10-19)18-15(20)17-14-12(4)8-7-9-13(14)11(2)3/h7-9,11,19H,6,10H2,1-5H3,(H2,17,18,20). The fourth-order valence-corrected chi connectivity index (χ4v) is 2.00. The Morgan fingerprint density at radius 3 is 2.55 bits per heavy atom. The molecule has 0 aliphatic heterocycles. The quantitative estimate of drug-likeness (QED) is 0.773. The highest BCUT2D eigenvalue weighted by Crippen LogP contribution is 2.27. The SMILES string of the molecule is CCC(C)(CO)NC(=O)Nc1c(C)cccc1C(C)C. The number of carbonyl (C=O) groups excluding carboxylic acids is 1. The first-order valence-corrected chi connectivity index (χ1v) is 7.12. The van der Waals surface area contributed by atoms with Crippen molar-refractivity contribution in [1.29, 1.82) is 0 Å². The smallest absolute Gasteiger partial charge is 0.319 e. The summed E-state index contributed by atoms with van der Waals surface area (Å²) in [6.07, 6.45) is 0.668. The molecule has 1 aromatic rings. The van der Waals surface area contributed by atoms with E-state index in [1.54, 1.807) is 0 Å². The van der Waals surface area contributed by atoms with Gasteiger partial charge in [-0.3, -0.25) is 0 Å². The molecular weight excluding hydrogens is 252 g/mol. The summed E-state index contributed by atoms with van der Waals surface area (Å²) in [6, 6.07) is 5.72. The molecular formula is C16H26N2O2. The minimum atomic E-state index is -0.592. The normalized spacial score (nSPS) is 13.9. The maximum absolute atomic E-state index is 12.1. The van der Waals surface area contributed by atoms with Crippen LogP contribution in [0.5, 0.6) is 0 Å². The van der Waals surface area contributed by atoms with Gasteiger partial charge in [-0.05, 0) is 37.3 Å². The molecule has 0 aliphatic rings. The third-order valence-corrected chi connectivity index (χ3v) is 3.71. The van der Waals surface area contributed by atoms with Gasteiger partial charge in [0, 0.05) is 5.69 Å². The maximum Gasteiger partial charge on any atom is 0.319 e. The van der Waals surface area contributed by atoms with Crippen molar-refractivity contribution in [2.45, 2.75) is 52.5 Å². The molecule has 1 atom stereocenters. The van der Waals surface area contributed by atoms with E-state index in [2.05, 4.69) is 24.5 Å². The van der Waals surface area contributed by atoms with Crippen LogP contribution in [-0.4, -0.2) is 23.3 Å². The van der Waals surface area contributed by atoms with Crippen LogP contribution in [0.4, 0.5) is 10.5 Å². The molecule has 0 saturated carbocycles. The van der Waals surface area contributed by atoms with Crippen LogP contribution in [0, 0.1) is 6.92 Å². The average molecular weight is 278 g/mol. The van der Waals surface area contributed by atoms with Gasteiger partial charge in [0.1, 0.15) is 0 Å². The Balaban J connectivity index is 2.91. The average Bonchev–Trinajstić information content (AvgIpc) is 2.40. The van der Waals surface area contributed by atoms with Gasteiger partial charge in [-0.25, -0.2) is 4.79 Å². The zero-order valence-electron chi connectivity index (χ0n) is 13.1. The van der Waals surface area contributed by atoms with E-state index in [9.17, 15) is 9.90 Å². The van der Waals surface area contributed by atoms with Crippen LogP contribution in [0.3, 0.4) is 0 Å². The second kappa shape index (κ2) is 6.75. The number of urea groups is 1. The van der Waals surface area contributed by atoms with E-state index in [0.717, 1.165) is 16.8 Å². The van der Waals surface area contributed by atoms with Gasteiger partial charge in [-0.2, -0.15) is 0 Å². The summed E-state index contributed by atoms with van der Waals surface area (Å²) in [4.78, 5) is 12.1. The highest BCUT2D eigenvalue weighted by Gasteiger charge is 2.23. The van der Waals surface area contributed by atoms with Gasteiger partial charge in [-0.1, -0.05) is 39.0 Å². The number of aryl methyl sites for hydroxylation is 1. The first kappa shape index (κ1) is 16.5. The molecule has 0 aromatic heterocycles. The minimum Gasteiger partial charge on any atom is -0.394 e. The van der Waals surface area contributed by atoms with Crippen molar-refractivity contribution in [3.05, 3.63) is 29.3 Å². The number of hydrogen-bond acceptors (Lipinski definition) is 2. The molecule has 0 bridgehead atoms. The van der Waals surface area contributed by atoms with E-state index >= 15 is 0 Å². The monoisotopic (exact) mass is 278 g/mol. The Labute approximate surface area is 121 Å². The van der Waals surface area contributed by atoms with E-state index in [4.69, 9.17) is 0 Å². The summed E-state index contributed by atoms with van der Waals surface area (Å²) in [6.45, 7) is 9.86. The Bertz CT molecular complexity index is 466.